The van der Waals surface area contributed by atoms with Gasteiger partial charge in [0.1, 0.15) is 12.4 Å². The fourth-order valence-corrected chi connectivity index (χ4v) is 3.67. The van der Waals surface area contributed by atoms with Gasteiger partial charge in [0.05, 0.1) is 6.54 Å². The molecule has 4 nitrogen and oxygen atoms in total. The van der Waals surface area contributed by atoms with Crippen LogP contribution in [-0.4, -0.2) is 34.2 Å². The lowest BCUT2D eigenvalue weighted by Gasteiger charge is -2.31. The van der Waals surface area contributed by atoms with Crippen LogP contribution < -0.4 is 0 Å². The number of amides is 2. The first kappa shape index (κ1) is 22.1. The van der Waals surface area contributed by atoms with E-state index in [0.29, 0.717) is 19.5 Å². The van der Waals surface area contributed by atoms with Gasteiger partial charge in [-0.3, -0.25) is 9.59 Å². The second-order valence-electron chi connectivity index (χ2n) is 6.98. The lowest BCUT2D eigenvalue weighted by atomic mass is 10.1. The summed E-state index contributed by atoms with van der Waals surface area (Å²) < 4.78 is 13.2. The van der Waals surface area contributed by atoms with Crippen LogP contribution in [0, 0.1) is 5.82 Å². The third-order valence-electron chi connectivity index (χ3n) is 4.78. The van der Waals surface area contributed by atoms with Gasteiger partial charge in [-0.1, -0.05) is 32.0 Å². The summed E-state index contributed by atoms with van der Waals surface area (Å²) in [6.45, 7) is 6.89. The molecular weight excluding hydrogens is 375 g/mol. The molecule has 6 heteroatoms. The van der Waals surface area contributed by atoms with Crippen molar-refractivity contribution in [1.29, 1.82) is 0 Å². The molecule has 0 aliphatic rings. The number of thiophene rings is 1. The molecule has 2 amide bonds. The fourth-order valence-electron chi connectivity index (χ4n) is 2.95. The molecule has 0 aliphatic heterocycles. The molecule has 0 saturated carbocycles. The Balaban J connectivity index is 2.18. The lowest BCUT2D eigenvalue weighted by molar-refractivity contribution is -0.143. The summed E-state index contributed by atoms with van der Waals surface area (Å²) in [6, 6.07) is 10.1. The van der Waals surface area contributed by atoms with Gasteiger partial charge in [0.25, 0.3) is 0 Å². The Bertz CT molecular complexity index is 746. The minimum atomic E-state index is -0.298. The van der Waals surface area contributed by atoms with Gasteiger partial charge in [-0.25, -0.2) is 4.39 Å². The number of nitrogens with zero attached hydrogens (tertiary/aromatic N) is 2. The summed E-state index contributed by atoms with van der Waals surface area (Å²) in [5, 5.41) is 1.98. The summed E-state index contributed by atoms with van der Waals surface area (Å²) in [5.74, 6) is -0.376. The van der Waals surface area contributed by atoms with E-state index in [1.165, 1.54) is 12.1 Å². The SMILES string of the molecule is CCCC(=O)N(CC(=O)N(Cc1ccc(F)cc1)Cc1cccs1)[C@@H](C)CC. The maximum atomic E-state index is 13.2. The molecule has 1 aromatic heterocycles. The number of benzene rings is 1. The average molecular weight is 405 g/mol. The second-order valence-corrected chi connectivity index (χ2v) is 8.02. The van der Waals surface area contributed by atoms with Gasteiger partial charge >= 0.3 is 0 Å². The predicted molar refractivity (Wildman–Crippen MR) is 111 cm³/mol. The molecule has 152 valence electrons. The van der Waals surface area contributed by atoms with Crippen molar-refractivity contribution in [2.45, 2.75) is 59.2 Å². The lowest BCUT2D eigenvalue weighted by Crippen LogP contribution is -2.46. The van der Waals surface area contributed by atoms with E-state index in [0.717, 1.165) is 23.3 Å². The molecule has 0 spiro atoms. The number of hydrogen-bond donors (Lipinski definition) is 0. The molecule has 2 rings (SSSR count). The molecule has 0 radical (unpaired) electrons. The standard InChI is InChI=1S/C22H29FN2O2S/c1-4-7-21(26)25(17(3)5-2)16-22(27)24(15-20-8-6-13-28-20)14-18-9-11-19(23)12-10-18/h6,8-13,17H,4-5,7,14-16H2,1-3H3/t17-/m0/s1. The van der Waals surface area contributed by atoms with Crippen LogP contribution in [0.15, 0.2) is 41.8 Å². The first-order valence-electron chi connectivity index (χ1n) is 9.78. The van der Waals surface area contributed by atoms with E-state index in [9.17, 15) is 14.0 Å². The summed E-state index contributed by atoms with van der Waals surface area (Å²) in [5.41, 5.74) is 0.862. The largest absolute Gasteiger partial charge is 0.332 e. The summed E-state index contributed by atoms with van der Waals surface area (Å²) in [6.07, 6.45) is 2.00. The van der Waals surface area contributed by atoms with Gasteiger partial charge in [0.15, 0.2) is 0 Å². The third-order valence-corrected chi connectivity index (χ3v) is 5.64. The molecule has 0 N–H and O–H groups in total. The van der Waals surface area contributed by atoms with Crippen molar-refractivity contribution < 1.29 is 14.0 Å². The van der Waals surface area contributed by atoms with Crippen LogP contribution >= 0.6 is 11.3 Å². The molecule has 0 aliphatic carbocycles. The van der Waals surface area contributed by atoms with E-state index >= 15 is 0 Å². The Morgan fingerprint density at radius 2 is 1.79 bits per heavy atom. The normalized spacial score (nSPS) is 11.9. The molecule has 1 heterocycles. The summed E-state index contributed by atoms with van der Waals surface area (Å²) >= 11 is 1.59. The summed E-state index contributed by atoms with van der Waals surface area (Å²) in [4.78, 5) is 30.2. The van der Waals surface area contributed by atoms with E-state index in [1.54, 1.807) is 33.3 Å². The van der Waals surface area contributed by atoms with Gasteiger partial charge in [-0.05, 0) is 48.9 Å². The monoisotopic (exact) mass is 404 g/mol. The minimum absolute atomic E-state index is 0.0115. The molecule has 2 aromatic rings. The molecule has 0 unspecified atom stereocenters. The van der Waals surface area contributed by atoms with Crippen molar-refractivity contribution in [2.75, 3.05) is 6.54 Å². The quantitative estimate of drug-likeness (QED) is 0.568. The van der Waals surface area contributed by atoms with E-state index in [4.69, 9.17) is 0 Å². The maximum absolute atomic E-state index is 13.2. The molecular formula is C22H29FN2O2S. The van der Waals surface area contributed by atoms with Crippen LogP contribution in [0.5, 0.6) is 0 Å². The predicted octanol–water partition coefficient (Wildman–Crippen LogP) is 4.84. The van der Waals surface area contributed by atoms with E-state index < -0.39 is 0 Å². The Kier molecular flexibility index (Phi) is 8.64. The molecule has 0 bridgehead atoms. The second kappa shape index (κ2) is 11.0. The van der Waals surface area contributed by atoms with E-state index in [2.05, 4.69) is 0 Å². The smallest absolute Gasteiger partial charge is 0.242 e. The topological polar surface area (TPSA) is 40.6 Å². The Labute approximate surface area is 171 Å². The average Bonchev–Trinajstić information content (AvgIpc) is 3.19. The van der Waals surface area contributed by atoms with Crippen LogP contribution in [-0.2, 0) is 22.7 Å². The minimum Gasteiger partial charge on any atom is -0.332 e. The number of carbonyl (C=O) groups is 2. The highest BCUT2D eigenvalue weighted by molar-refractivity contribution is 7.09. The van der Waals surface area contributed by atoms with Crippen LogP contribution in [0.3, 0.4) is 0 Å². The van der Waals surface area contributed by atoms with Crippen molar-refractivity contribution in [3.8, 4) is 0 Å². The Morgan fingerprint density at radius 1 is 1.07 bits per heavy atom. The Hall–Kier alpha value is -2.21. The highest BCUT2D eigenvalue weighted by atomic mass is 32.1. The van der Waals surface area contributed by atoms with Crippen LogP contribution in [0.25, 0.3) is 0 Å². The molecule has 0 fully saturated rings. The van der Waals surface area contributed by atoms with Crippen LogP contribution in [0.2, 0.25) is 0 Å². The first-order valence-corrected chi connectivity index (χ1v) is 10.7. The zero-order valence-electron chi connectivity index (χ0n) is 16.9. The fraction of sp³-hybridized carbons (Fsp3) is 0.455. The van der Waals surface area contributed by atoms with E-state index in [1.807, 2.05) is 38.3 Å². The maximum Gasteiger partial charge on any atom is 0.242 e. The van der Waals surface area contributed by atoms with Crippen LogP contribution in [0.4, 0.5) is 4.39 Å². The van der Waals surface area contributed by atoms with Gasteiger partial charge in [-0.2, -0.15) is 0 Å². The molecule has 28 heavy (non-hydrogen) atoms. The number of hydrogen-bond acceptors (Lipinski definition) is 3. The first-order chi connectivity index (χ1) is 13.4. The molecule has 0 saturated heterocycles. The highest BCUT2D eigenvalue weighted by Crippen LogP contribution is 2.17. The third kappa shape index (κ3) is 6.44. The molecule has 1 aromatic carbocycles. The van der Waals surface area contributed by atoms with Gasteiger partial charge in [0, 0.05) is 23.9 Å². The van der Waals surface area contributed by atoms with Gasteiger partial charge in [0.2, 0.25) is 11.8 Å². The van der Waals surface area contributed by atoms with Gasteiger partial charge in [-0.15, -0.1) is 11.3 Å². The number of carbonyl (C=O) groups excluding carboxylic acids is 2. The summed E-state index contributed by atoms with van der Waals surface area (Å²) in [7, 11) is 0. The Morgan fingerprint density at radius 3 is 2.36 bits per heavy atom. The zero-order chi connectivity index (χ0) is 20.5. The van der Waals surface area contributed by atoms with Crippen molar-refractivity contribution >= 4 is 23.2 Å². The zero-order valence-corrected chi connectivity index (χ0v) is 17.7. The van der Waals surface area contributed by atoms with E-state index in [-0.39, 0.29) is 30.2 Å². The highest BCUT2D eigenvalue weighted by Gasteiger charge is 2.24. The number of rotatable bonds is 10. The van der Waals surface area contributed by atoms with Crippen molar-refractivity contribution in [2.24, 2.45) is 0 Å². The van der Waals surface area contributed by atoms with Crippen molar-refractivity contribution in [3.05, 3.63) is 58.0 Å². The number of halogens is 1. The molecule has 1 atom stereocenters. The van der Waals surface area contributed by atoms with Gasteiger partial charge < -0.3 is 9.80 Å². The van der Waals surface area contributed by atoms with Crippen molar-refractivity contribution in [3.63, 3.8) is 0 Å². The van der Waals surface area contributed by atoms with Crippen LogP contribution in [0.1, 0.15) is 50.5 Å². The van der Waals surface area contributed by atoms with Crippen molar-refractivity contribution in [1.82, 2.24) is 9.80 Å².